The molecule has 1 heterocycles. The Balaban J connectivity index is 1.58. The topological polar surface area (TPSA) is 95.9 Å². The Hall–Kier alpha value is -1.78. The van der Waals surface area contributed by atoms with Crippen LogP contribution >= 0.6 is 0 Å². The van der Waals surface area contributed by atoms with Crippen LogP contribution in [0.3, 0.4) is 0 Å². The summed E-state index contributed by atoms with van der Waals surface area (Å²) in [5, 5.41) is 12.7. The molecule has 3 rings (SSSR count). The van der Waals surface area contributed by atoms with E-state index in [2.05, 4.69) is 5.32 Å². The minimum Gasteiger partial charge on any atom is -0.489 e. The van der Waals surface area contributed by atoms with Crippen molar-refractivity contribution in [3.05, 3.63) is 23.8 Å². The number of benzene rings is 1. The summed E-state index contributed by atoms with van der Waals surface area (Å²) in [4.78, 5) is 11.5. The third-order valence-corrected chi connectivity index (χ3v) is 8.39. The molecule has 0 radical (unpaired) electrons. The van der Waals surface area contributed by atoms with E-state index in [0.717, 1.165) is 16.3 Å². The molecule has 2 atom stereocenters. The lowest BCUT2D eigenvalue weighted by atomic mass is 9.92. The van der Waals surface area contributed by atoms with Gasteiger partial charge >= 0.3 is 5.97 Å². The Bertz CT molecular complexity index is 931. The number of carboxylic acids is 1. The fourth-order valence-electron chi connectivity index (χ4n) is 4.54. The van der Waals surface area contributed by atoms with Gasteiger partial charge in [-0.2, -0.15) is 4.31 Å². The summed E-state index contributed by atoms with van der Waals surface area (Å²) in [7, 11) is -4.02. The zero-order valence-corrected chi connectivity index (χ0v) is 20.0. The van der Waals surface area contributed by atoms with Crippen molar-refractivity contribution in [1.82, 2.24) is 9.62 Å². The van der Waals surface area contributed by atoms with E-state index in [-0.39, 0.29) is 42.2 Å². The molecule has 33 heavy (non-hydrogen) atoms. The lowest BCUT2D eigenvalue weighted by Gasteiger charge is -2.29. The van der Waals surface area contributed by atoms with Crippen molar-refractivity contribution >= 4 is 16.0 Å². The van der Waals surface area contributed by atoms with Crippen LogP contribution in [0.15, 0.2) is 23.1 Å². The van der Waals surface area contributed by atoms with Crippen LogP contribution in [0.5, 0.6) is 5.75 Å². The second-order valence-corrected chi connectivity index (χ2v) is 11.1. The molecule has 1 aliphatic heterocycles. The highest BCUT2D eigenvalue weighted by Gasteiger charge is 2.41. The number of nitrogens with zero attached hydrogens (tertiary/aromatic N) is 1. The van der Waals surface area contributed by atoms with Gasteiger partial charge in [0.15, 0.2) is 0 Å². The summed E-state index contributed by atoms with van der Waals surface area (Å²) in [6, 6.07) is 3.86. The van der Waals surface area contributed by atoms with Crippen LogP contribution < -0.4 is 10.1 Å². The monoisotopic (exact) mass is 488 g/mol. The smallest absolute Gasteiger partial charge is 0.322 e. The maximum absolute atomic E-state index is 13.3. The highest BCUT2D eigenvalue weighted by Crippen LogP contribution is 2.34. The van der Waals surface area contributed by atoms with Gasteiger partial charge in [-0.05, 0) is 76.6 Å². The SMILES string of the molecule is Cc1ccc(S(=O)(=O)N2CCC[C@H]2C(=O)O)c(O[C@H](C)CCCNC2CCC(F)(F)CC2)c1. The first kappa shape index (κ1) is 25.8. The second-order valence-electron chi connectivity index (χ2n) is 9.22. The fourth-order valence-corrected chi connectivity index (χ4v) is 6.29. The van der Waals surface area contributed by atoms with Crippen LogP contribution in [0.25, 0.3) is 0 Å². The number of halogens is 2. The largest absolute Gasteiger partial charge is 0.489 e. The average Bonchev–Trinajstić information content (AvgIpc) is 3.23. The van der Waals surface area contributed by atoms with Crippen LogP contribution in [-0.2, 0) is 14.8 Å². The number of aryl methyl sites for hydroxylation is 1. The molecule has 1 aromatic carbocycles. The van der Waals surface area contributed by atoms with E-state index in [4.69, 9.17) is 4.74 Å². The molecular weight excluding hydrogens is 454 g/mol. The lowest BCUT2D eigenvalue weighted by Crippen LogP contribution is -2.40. The third-order valence-electron chi connectivity index (χ3n) is 6.44. The van der Waals surface area contributed by atoms with Crippen molar-refractivity contribution < 1.29 is 31.8 Å². The molecule has 1 aliphatic carbocycles. The van der Waals surface area contributed by atoms with Gasteiger partial charge in [0, 0.05) is 25.4 Å². The van der Waals surface area contributed by atoms with Crippen molar-refractivity contribution in [2.24, 2.45) is 0 Å². The van der Waals surface area contributed by atoms with Crippen LogP contribution in [0, 0.1) is 6.92 Å². The van der Waals surface area contributed by atoms with E-state index in [9.17, 15) is 27.1 Å². The molecule has 1 saturated carbocycles. The highest BCUT2D eigenvalue weighted by molar-refractivity contribution is 7.89. The van der Waals surface area contributed by atoms with Crippen molar-refractivity contribution in [2.75, 3.05) is 13.1 Å². The quantitative estimate of drug-likeness (QED) is 0.484. The van der Waals surface area contributed by atoms with Crippen LogP contribution in [-0.4, -0.2) is 61.0 Å². The van der Waals surface area contributed by atoms with E-state index in [1.807, 2.05) is 13.8 Å². The van der Waals surface area contributed by atoms with Gasteiger partial charge in [0.05, 0.1) is 6.10 Å². The molecule has 0 spiro atoms. The first-order valence-corrected chi connectivity index (χ1v) is 13.1. The zero-order chi connectivity index (χ0) is 24.2. The first-order valence-electron chi connectivity index (χ1n) is 11.6. The first-order chi connectivity index (χ1) is 15.5. The predicted molar refractivity (Wildman–Crippen MR) is 120 cm³/mol. The Morgan fingerprint density at radius 1 is 1.30 bits per heavy atom. The molecule has 0 aromatic heterocycles. The Morgan fingerprint density at radius 3 is 2.67 bits per heavy atom. The van der Waals surface area contributed by atoms with Crippen molar-refractivity contribution in [2.45, 2.75) is 94.2 Å². The maximum Gasteiger partial charge on any atom is 0.322 e. The molecule has 186 valence electrons. The van der Waals surface area contributed by atoms with Gasteiger partial charge in [-0.15, -0.1) is 0 Å². The molecule has 1 saturated heterocycles. The summed E-state index contributed by atoms with van der Waals surface area (Å²) in [6.07, 6.45) is 2.73. The number of carbonyl (C=O) groups is 1. The third kappa shape index (κ3) is 6.64. The van der Waals surface area contributed by atoms with Crippen molar-refractivity contribution in [3.8, 4) is 5.75 Å². The van der Waals surface area contributed by atoms with Crippen LogP contribution in [0.2, 0.25) is 0 Å². The predicted octanol–water partition coefficient (Wildman–Crippen LogP) is 3.95. The molecule has 2 aliphatic rings. The van der Waals surface area contributed by atoms with Gasteiger partial charge in [-0.3, -0.25) is 4.79 Å². The molecule has 7 nitrogen and oxygen atoms in total. The van der Waals surface area contributed by atoms with Gasteiger partial charge < -0.3 is 15.2 Å². The molecule has 10 heteroatoms. The standard InChI is InChI=1S/C23H34F2N2O5S/c1-16-7-8-21(33(30,31)27-14-4-6-19(27)22(28)29)20(15-16)32-17(2)5-3-13-26-18-9-11-23(24,25)12-10-18/h7-8,15,17-19,26H,3-6,9-14H2,1-2H3,(H,28,29)/t17-,19+/m1/s1. The number of alkyl halides is 2. The number of rotatable bonds is 10. The van der Waals surface area contributed by atoms with Gasteiger partial charge in [-0.25, -0.2) is 17.2 Å². The lowest BCUT2D eigenvalue weighted by molar-refractivity contribution is -0.140. The normalized spacial score (nSPS) is 22.8. The van der Waals surface area contributed by atoms with E-state index in [1.165, 1.54) is 6.07 Å². The summed E-state index contributed by atoms with van der Waals surface area (Å²) in [5.41, 5.74) is 0.836. The molecule has 2 N–H and O–H groups in total. The average molecular weight is 489 g/mol. The molecule has 0 unspecified atom stereocenters. The van der Waals surface area contributed by atoms with E-state index < -0.39 is 28.0 Å². The van der Waals surface area contributed by atoms with E-state index in [1.54, 1.807) is 12.1 Å². The number of hydrogen-bond donors (Lipinski definition) is 2. The highest BCUT2D eigenvalue weighted by atomic mass is 32.2. The fraction of sp³-hybridized carbons (Fsp3) is 0.696. The number of aliphatic carboxylic acids is 1. The summed E-state index contributed by atoms with van der Waals surface area (Å²) in [6.45, 7) is 4.54. The van der Waals surface area contributed by atoms with Gasteiger partial charge in [-0.1, -0.05) is 6.07 Å². The number of sulfonamides is 1. The number of carboxylic acid groups (broad SMARTS) is 1. The summed E-state index contributed by atoms with van der Waals surface area (Å²) >= 11 is 0. The van der Waals surface area contributed by atoms with E-state index in [0.29, 0.717) is 38.6 Å². The van der Waals surface area contributed by atoms with Gasteiger partial charge in [0.25, 0.3) is 0 Å². The molecule has 0 amide bonds. The maximum atomic E-state index is 13.3. The summed E-state index contributed by atoms with van der Waals surface area (Å²) < 4.78 is 60.1. The van der Waals surface area contributed by atoms with Crippen LogP contribution in [0.4, 0.5) is 8.78 Å². The Morgan fingerprint density at radius 2 is 2.00 bits per heavy atom. The van der Waals surface area contributed by atoms with E-state index >= 15 is 0 Å². The minimum absolute atomic E-state index is 0.0191. The number of ether oxygens (including phenoxy) is 1. The molecular formula is C23H34F2N2O5S. The summed E-state index contributed by atoms with van der Waals surface area (Å²) in [5.74, 6) is -3.46. The van der Waals surface area contributed by atoms with Crippen LogP contribution in [0.1, 0.15) is 63.9 Å². The Kier molecular flexibility index (Phi) is 8.34. The second kappa shape index (κ2) is 10.7. The number of hydrogen-bond acceptors (Lipinski definition) is 5. The molecule has 0 bridgehead atoms. The molecule has 1 aromatic rings. The van der Waals surface area contributed by atoms with Crippen molar-refractivity contribution in [1.29, 1.82) is 0 Å². The minimum atomic E-state index is -4.02. The van der Waals surface area contributed by atoms with Crippen molar-refractivity contribution in [3.63, 3.8) is 0 Å². The molecule has 2 fully saturated rings. The number of nitrogens with one attached hydrogen (secondary N) is 1. The van der Waals surface area contributed by atoms with Gasteiger partial charge in [0.2, 0.25) is 15.9 Å². The zero-order valence-electron chi connectivity index (χ0n) is 19.2. The Labute approximate surface area is 194 Å². The van der Waals surface area contributed by atoms with Gasteiger partial charge in [0.1, 0.15) is 16.7 Å².